The quantitative estimate of drug-likeness (QED) is 0.680. The molecule has 0 fully saturated rings. The summed E-state index contributed by atoms with van der Waals surface area (Å²) in [6, 6.07) is 10.8. The number of non-ortho nitro benzene ring substituents is 1. The van der Waals surface area contributed by atoms with Gasteiger partial charge in [0.05, 0.1) is 15.9 Å². The Morgan fingerprint density at radius 2 is 1.57 bits per heavy atom. The van der Waals surface area contributed by atoms with Gasteiger partial charge in [0.1, 0.15) is 5.69 Å². The third-order valence-corrected chi connectivity index (χ3v) is 2.72. The molecule has 7 nitrogen and oxygen atoms in total. The minimum Gasteiger partial charge on any atom is -0.350 e. The first-order valence-corrected chi connectivity index (χ1v) is 5.74. The van der Waals surface area contributed by atoms with Gasteiger partial charge in [0.25, 0.3) is 11.4 Å². The lowest BCUT2D eigenvalue weighted by Gasteiger charge is -2.07. The Kier molecular flexibility index (Phi) is 5.20. The minimum absolute atomic E-state index is 0. The first-order valence-electron chi connectivity index (χ1n) is 5.74. The molecule has 0 amide bonds. The van der Waals surface area contributed by atoms with Gasteiger partial charge in [-0.2, -0.15) is 0 Å². The van der Waals surface area contributed by atoms with Crippen LogP contribution in [0.2, 0.25) is 0 Å². The maximum atomic E-state index is 11.0. The van der Waals surface area contributed by atoms with Gasteiger partial charge in [-0.15, -0.1) is 12.4 Å². The van der Waals surface area contributed by atoms with E-state index in [0.29, 0.717) is 5.69 Å². The predicted molar refractivity (Wildman–Crippen MR) is 81.5 cm³/mol. The topological polar surface area (TPSA) is 98.3 Å². The van der Waals surface area contributed by atoms with Gasteiger partial charge >= 0.3 is 0 Å². The van der Waals surface area contributed by atoms with E-state index in [4.69, 9.17) is 0 Å². The maximum absolute atomic E-state index is 11.0. The number of rotatable bonds is 4. The summed E-state index contributed by atoms with van der Waals surface area (Å²) in [5, 5.41) is 24.5. The summed E-state index contributed by atoms with van der Waals surface area (Å²) in [4.78, 5) is 20.3. The lowest BCUT2D eigenvalue weighted by atomic mass is 10.2. The Hall–Kier alpha value is -2.67. The summed E-state index contributed by atoms with van der Waals surface area (Å²) < 4.78 is 0. The van der Waals surface area contributed by atoms with Gasteiger partial charge in [0.15, 0.2) is 0 Å². The number of anilines is 2. The van der Waals surface area contributed by atoms with Crippen LogP contribution in [0, 0.1) is 27.2 Å². The molecule has 0 atom stereocenters. The summed E-state index contributed by atoms with van der Waals surface area (Å²) in [5.41, 5.74) is 1.30. The number of nitro groups is 2. The zero-order chi connectivity index (χ0) is 14.7. The lowest BCUT2D eigenvalue weighted by Crippen LogP contribution is -1.98. The molecule has 0 aliphatic rings. The largest absolute Gasteiger partial charge is 0.350 e. The molecule has 0 bridgehead atoms. The Morgan fingerprint density at radius 1 is 0.952 bits per heavy atom. The molecule has 0 unspecified atom stereocenters. The molecule has 8 heteroatoms. The molecule has 0 saturated carbocycles. The number of benzene rings is 2. The van der Waals surface area contributed by atoms with Crippen molar-refractivity contribution in [2.75, 3.05) is 5.32 Å². The van der Waals surface area contributed by atoms with E-state index in [-0.39, 0.29) is 29.5 Å². The second-order valence-electron chi connectivity index (χ2n) is 4.21. The van der Waals surface area contributed by atoms with Crippen molar-refractivity contribution in [3.8, 4) is 0 Å². The van der Waals surface area contributed by atoms with Crippen molar-refractivity contribution in [1.29, 1.82) is 0 Å². The summed E-state index contributed by atoms with van der Waals surface area (Å²) >= 11 is 0. The Morgan fingerprint density at radius 3 is 2.10 bits per heavy atom. The van der Waals surface area contributed by atoms with E-state index < -0.39 is 9.85 Å². The molecule has 21 heavy (non-hydrogen) atoms. The minimum atomic E-state index is -0.664. The highest BCUT2D eigenvalue weighted by molar-refractivity contribution is 5.85. The highest BCUT2D eigenvalue weighted by atomic mass is 35.5. The van der Waals surface area contributed by atoms with Crippen molar-refractivity contribution in [2.45, 2.75) is 6.92 Å². The fourth-order valence-electron chi connectivity index (χ4n) is 1.68. The fourth-order valence-corrected chi connectivity index (χ4v) is 1.68. The molecule has 2 aromatic carbocycles. The number of hydrogen-bond acceptors (Lipinski definition) is 5. The van der Waals surface area contributed by atoms with Gasteiger partial charge in [0.2, 0.25) is 0 Å². The average Bonchev–Trinajstić information content (AvgIpc) is 2.41. The standard InChI is InChI=1S/C13H11N3O4.ClH/c1-9-2-4-10(5-3-9)14-12-7-6-11(15(17)18)8-13(12)16(19)20;/h2-8,14H,1H3;1H. The molecule has 0 aliphatic heterocycles. The monoisotopic (exact) mass is 309 g/mol. The van der Waals surface area contributed by atoms with Gasteiger partial charge in [-0.3, -0.25) is 20.2 Å². The van der Waals surface area contributed by atoms with E-state index in [2.05, 4.69) is 5.32 Å². The van der Waals surface area contributed by atoms with Crippen LogP contribution in [-0.4, -0.2) is 9.85 Å². The van der Waals surface area contributed by atoms with Crippen molar-refractivity contribution in [1.82, 2.24) is 0 Å². The summed E-state index contributed by atoms with van der Waals surface area (Å²) in [7, 11) is 0. The van der Waals surface area contributed by atoms with Gasteiger partial charge in [-0.25, -0.2) is 0 Å². The third-order valence-electron chi connectivity index (χ3n) is 2.72. The molecule has 0 spiro atoms. The number of aryl methyl sites for hydroxylation is 1. The van der Waals surface area contributed by atoms with Crippen LogP contribution < -0.4 is 5.32 Å². The van der Waals surface area contributed by atoms with E-state index in [1.54, 1.807) is 12.1 Å². The van der Waals surface area contributed by atoms with Crippen molar-refractivity contribution >= 4 is 35.2 Å². The molecule has 0 aliphatic carbocycles. The zero-order valence-electron chi connectivity index (χ0n) is 11.0. The van der Waals surface area contributed by atoms with Gasteiger partial charge in [-0.1, -0.05) is 17.7 Å². The first kappa shape index (κ1) is 16.4. The fraction of sp³-hybridized carbons (Fsp3) is 0.0769. The van der Waals surface area contributed by atoms with Crippen LogP contribution in [0.4, 0.5) is 22.7 Å². The van der Waals surface area contributed by atoms with E-state index in [0.717, 1.165) is 11.6 Å². The summed E-state index contributed by atoms with van der Waals surface area (Å²) in [6.07, 6.45) is 0. The second kappa shape index (κ2) is 6.67. The van der Waals surface area contributed by atoms with Crippen LogP contribution in [0.15, 0.2) is 42.5 Å². The number of halogens is 1. The molecular weight excluding hydrogens is 298 g/mol. The maximum Gasteiger partial charge on any atom is 0.299 e. The van der Waals surface area contributed by atoms with Gasteiger partial charge < -0.3 is 5.32 Å². The van der Waals surface area contributed by atoms with Crippen LogP contribution in [0.5, 0.6) is 0 Å². The number of hydrogen-bond donors (Lipinski definition) is 1. The summed E-state index contributed by atoms with van der Waals surface area (Å²) in [6.45, 7) is 1.93. The zero-order valence-corrected chi connectivity index (χ0v) is 11.8. The molecule has 2 rings (SSSR count). The Bertz CT molecular complexity index is 674. The molecule has 1 N–H and O–H groups in total. The smallest absolute Gasteiger partial charge is 0.299 e. The molecule has 0 heterocycles. The Balaban J connectivity index is 0.00000220. The predicted octanol–water partition coefficient (Wildman–Crippen LogP) is 3.98. The van der Waals surface area contributed by atoms with Crippen molar-refractivity contribution in [3.05, 3.63) is 68.3 Å². The molecule has 0 saturated heterocycles. The van der Waals surface area contributed by atoms with Crippen molar-refractivity contribution in [2.24, 2.45) is 0 Å². The third kappa shape index (κ3) is 3.90. The Labute approximate surface area is 126 Å². The number of nitro benzene ring substituents is 2. The van der Waals surface area contributed by atoms with E-state index in [1.165, 1.54) is 12.1 Å². The summed E-state index contributed by atoms with van der Waals surface area (Å²) in [5.74, 6) is 0. The van der Waals surface area contributed by atoms with E-state index in [1.807, 2.05) is 19.1 Å². The molecular formula is C13H12ClN3O4. The second-order valence-corrected chi connectivity index (χ2v) is 4.21. The van der Waals surface area contributed by atoms with Crippen LogP contribution in [0.3, 0.4) is 0 Å². The molecule has 2 aromatic rings. The van der Waals surface area contributed by atoms with Crippen LogP contribution >= 0.6 is 12.4 Å². The van der Waals surface area contributed by atoms with Crippen LogP contribution in [0.1, 0.15) is 5.56 Å². The molecule has 0 radical (unpaired) electrons. The lowest BCUT2D eigenvalue weighted by molar-refractivity contribution is -0.393. The van der Waals surface area contributed by atoms with Crippen LogP contribution in [-0.2, 0) is 0 Å². The van der Waals surface area contributed by atoms with Crippen molar-refractivity contribution in [3.63, 3.8) is 0 Å². The van der Waals surface area contributed by atoms with Crippen LogP contribution in [0.25, 0.3) is 0 Å². The van der Waals surface area contributed by atoms with E-state index >= 15 is 0 Å². The average molecular weight is 310 g/mol. The SMILES string of the molecule is Cc1ccc(Nc2ccc([N+](=O)[O-])cc2[N+](=O)[O-])cc1.Cl. The number of nitrogens with zero attached hydrogens (tertiary/aromatic N) is 2. The molecule has 0 aromatic heterocycles. The highest BCUT2D eigenvalue weighted by Crippen LogP contribution is 2.31. The number of nitrogens with one attached hydrogen (secondary N) is 1. The van der Waals surface area contributed by atoms with Gasteiger partial charge in [-0.05, 0) is 25.1 Å². The first-order chi connectivity index (χ1) is 9.47. The van der Waals surface area contributed by atoms with E-state index in [9.17, 15) is 20.2 Å². The highest BCUT2D eigenvalue weighted by Gasteiger charge is 2.19. The molecule has 110 valence electrons. The van der Waals surface area contributed by atoms with Gasteiger partial charge in [0, 0.05) is 11.8 Å². The normalized spacial score (nSPS) is 9.57. The van der Waals surface area contributed by atoms with Crippen molar-refractivity contribution < 1.29 is 9.85 Å².